The molecular formula is C24H22F3N3O2S. The fourth-order valence-electron chi connectivity index (χ4n) is 3.41. The van der Waals surface area contributed by atoms with Crippen LogP contribution in [0.2, 0.25) is 0 Å². The van der Waals surface area contributed by atoms with E-state index in [0.29, 0.717) is 5.69 Å². The molecule has 1 aromatic heterocycles. The van der Waals surface area contributed by atoms with Crippen molar-refractivity contribution in [1.82, 2.24) is 4.98 Å². The summed E-state index contributed by atoms with van der Waals surface area (Å²) in [7, 11) is 0. The predicted octanol–water partition coefficient (Wildman–Crippen LogP) is 6.42. The smallest absolute Gasteiger partial charge is 0.322 e. The van der Waals surface area contributed by atoms with Gasteiger partial charge >= 0.3 is 6.18 Å². The Labute approximate surface area is 193 Å². The molecule has 0 unspecified atom stereocenters. The number of alkyl halides is 3. The van der Waals surface area contributed by atoms with Gasteiger partial charge in [0, 0.05) is 24.1 Å². The standard InChI is InChI=1S/C24H22F3N3O2S/c1-14-10-15(2)22(16(3)11-14)29-21(32)9-8-19-13-33-23(28-19)30(17(4)31)20-7-5-6-18(12-20)24(25,26)27/h5-13H,1-4H3,(H,29,32)/b9-8-. The molecule has 1 heterocycles. The normalized spacial score (nSPS) is 11.6. The predicted molar refractivity (Wildman–Crippen MR) is 125 cm³/mol. The Morgan fingerprint density at radius 2 is 1.76 bits per heavy atom. The van der Waals surface area contributed by atoms with E-state index >= 15 is 0 Å². The van der Waals surface area contributed by atoms with Crippen molar-refractivity contribution in [2.24, 2.45) is 0 Å². The number of benzene rings is 2. The summed E-state index contributed by atoms with van der Waals surface area (Å²) in [5.41, 5.74) is 3.34. The Balaban J connectivity index is 1.80. The number of nitrogens with zero attached hydrogens (tertiary/aromatic N) is 2. The summed E-state index contributed by atoms with van der Waals surface area (Å²) < 4.78 is 39.2. The van der Waals surface area contributed by atoms with E-state index in [2.05, 4.69) is 10.3 Å². The number of amides is 2. The van der Waals surface area contributed by atoms with Gasteiger partial charge in [-0.25, -0.2) is 4.98 Å². The number of carbonyl (C=O) groups excluding carboxylic acids is 2. The van der Waals surface area contributed by atoms with Crippen molar-refractivity contribution in [1.29, 1.82) is 0 Å². The molecule has 3 aromatic rings. The average molecular weight is 474 g/mol. The van der Waals surface area contributed by atoms with E-state index in [1.807, 2.05) is 32.9 Å². The third-order valence-electron chi connectivity index (χ3n) is 4.78. The van der Waals surface area contributed by atoms with Crippen LogP contribution in [-0.4, -0.2) is 16.8 Å². The molecule has 0 fully saturated rings. The minimum atomic E-state index is -4.53. The largest absolute Gasteiger partial charge is 0.416 e. The summed E-state index contributed by atoms with van der Waals surface area (Å²) in [4.78, 5) is 30.0. The molecule has 0 aliphatic rings. The first-order valence-electron chi connectivity index (χ1n) is 9.96. The number of rotatable bonds is 5. The van der Waals surface area contributed by atoms with Gasteiger partial charge in [0.05, 0.1) is 16.9 Å². The molecule has 0 radical (unpaired) electrons. The topological polar surface area (TPSA) is 62.3 Å². The molecule has 0 atom stereocenters. The Morgan fingerprint density at radius 3 is 2.36 bits per heavy atom. The first-order valence-corrected chi connectivity index (χ1v) is 10.8. The van der Waals surface area contributed by atoms with E-state index in [4.69, 9.17) is 0 Å². The highest BCUT2D eigenvalue weighted by Gasteiger charge is 2.31. The van der Waals surface area contributed by atoms with Gasteiger partial charge in [0.1, 0.15) is 0 Å². The summed E-state index contributed by atoms with van der Waals surface area (Å²) >= 11 is 1.09. The summed E-state index contributed by atoms with van der Waals surface area (Å²) in [6, 6.07) is 8.44. The van der Waals surface area contributed by atoms with Crippen LogP contribution in [0.25, 0.3) is 6.08 Å². The zero-order valence-electron chi connectivity index (χ0n) is 18.4. The maximum Gasteiger partial charge on any atom is 0.416 e. The fourth-order valence-corrected chi connectivity index (χ4v) is 4.26. The van der Waals surface area contributed by atoms with Crippen molar-refractivity contribution in [2.75, 3.05) is 10.2 Å². The van der Waals surface area contributed by atoms with Crippen LogP contribution in [0.15, 0.2) is 47.9 Å². The van der Waals surface area contributed by atoms with Gasteiger partial charge in [-0.2, -0.15) is 13.2 Å². The van der Waals surface area contributed by atoms with E-state index in [1.165, 1.54) is 31.2 Å². The Kier molecular flexibility index (Phi) is 7.02. The van der Waals surface area contributed by atoms with Gasteiger partial charge in [0.2, 0.25) is 11.8 Å². The quantitative estimate of drug-likeness (QED) is 0.435. The Hall–Kier alpha value is -3.46. The second-order valence-corrected chi connectivity index (χ2v) is 8.39. The molecule has 2 aromatic carbocycles. The number of hydrogen-bond acceptors (Lipinski definition) is 4. The average Bonchev–Trinajstić information content (AvgIpc) is 3.17. The summed E-state index contributed by atoms with van der Waals surface area (Å²) in [6.07, 6.45) is -1.73. The molecule has 9 heteroatoms. The van der Waals surface area contributed by atoms with Crippen LogP contribution in [0.4, 0.5) is 29.7 Å². The lowest BCUT2D eigenvalue weighted by Gasteiger charge is -2.19. The molecule has 0 saturated carbocycles. The van der Waals surface area contributed by atoms with E-state index in [1.54, 1.807) is 5.38 Å². The van der Waals surface area contributed by atoms with Crippen molar-refractivity contribution < 1.29 is 22.8 Å². The van der Waals surface area contributed by atoms with Crippen LogP contribution < -0.4 is 10.2 Å². The van der Waals surface area contributed by atoms with Crippen molar-refractivity contribution in [3.05, 3.63) is 75.8 Å². The van der Waals surface area contributed by atoms with Crippen LogP contribution in [0.1, 0.15) is 34.9 Å². The van der Waals surface area contributed by atoms with Gasteiger partial charge in [-0.1, -0.05) is 23.8 Å². The molecule has 0 aliphatic carbocycles. The van der Waals surface area contributed by atoms with Crippen LogP contribution in [0, 0.1) is 20.8 Å². The highest BCUT2D eigenvalue weighted by Crippen LogP contribution is 2.35. The Bertz CT molecular complexity index is 1210. The van der Waals surface area contributed by atoms with Crippen molar-refractivity contribution in [3.8, 4) is 0 Å². The number of aryl methyl sites for hydroxylation is 3. The molecule has 172 valence electrons. The number of hydrogen-bond donors (Lipinski definition) is 1. The SMILES string of the molecule is CC(=O)N(c1cccc(C(F)(F)F)c1)c1nc(/C=C\C(=O)Nc2c(C)cc(C)cc2C)cs1. The summed E-state index contributed by atoms with van der Waals surface area (Å²) in [5.74, 6) is -0.830. The molecular weight excluding hydrogens is 451 g/mol. The monoisotopic (exact) mass is 473 g/mol. The first kappa shape index (κ1) is 24.2. The van der Waals surface area contributed by atoms with Gasteiger partial charge in [-0.15, -0.1) is 11.3 Å². The van der Waals surface area contributed by atoms with Crippen molar-refractivity contribution in [3.63, 3.8) is 0 Å². The van der Waals surface area contributed by atoms with Crippen LogP contribution in [-0.2, 0) is 15.8 Å². The lowest BCUT2D eigenvalue weighted by atomic mass is 10.1. The van der Waals surface area contributed by atoms with Gasteiger partial charge in [0.15, 0.2) is 5.13 Å². The third-order valence-corrected chi connectivity index (χ3v) is 5.62. The maximum absolute atomic E-state index is 13.1. The van der Waals surface area contributed by atoms with Crippen LogP contribution in [0.3, 0.4) is 0 Å². The number of carbonyl (C=O) groups is 2. The molecule has 33 heavy (non-hydrogen) atoms. The van der Waals surface area contributed by atoms with E-state index in [9.17, 15) is 22.8 Å². The number of nitrogens with one attached hydrogen (secondary N) is 1. The fraction of sp³-hybridized carbons (Fsp3) is 0.208. The van der Waals surface area contributed by atoms with Crippen molar-refractivity contribution in [2.45, 2.75) is 33.9 Å². The zero-order chi connectivity index (χ0) is 24.3. The molecule has 1 N–H and O–H groups in total. The summed E-state index contributed by atoms with van der Waals surface area (Å²) in [5, 5.41) is 4.67. The lowest BCUT2D eigenvalue weighted by molar-refractivity contribution is -0.137. The first-order chi connectivity index (χ1) is 15.5. The minimum Gasteiger partial charge on any atom is -0.322 e. The molecule has 2 amide bonds. The second kappa shape index (κ2) is 9.58. The lowest BCUT2D eigenvalue weighted by Crippen LogP contribution is -2.23. The number of aromatic nitrogens is 1. The Morgan fingerprint density at radius 1 is 1.09 bits per heavy atom. The zero-order valence-corrected chi connectivity index (χ0v) is 19.3. The summed E-state index contributed by atoms with van der Waals surface area (Å²) in [6.45, 7) is 7.05. The van der Waals surface area contributed by atoms with Crippen molar-refractivity contribution >= 4 is 45.7 Å². The van der Waals surface area contributed by atoms with Gasteiger partial charge < -0.3 is 5.32 Å². The van der Waals surface area contributed by atoms with Gasteiger partial charge in [-0.3, -0.25) is 14.5 Å². The van der Waals surface area contributed by atoms with Gasteiger partial charge in [0.25, 0.3) is 0 Å². The molecule has 0 bridgehead atoms. The number of thiazole rings is 1. The molecule has 5 nitrogen and oxygen atoms in total. The molecule has 0 spiro atoms. The minimum absolute atomic E-state index is 0.0604. The molecule has 0 saturated heterocycles. The van der Waals surface area contributed by atoms with E-state index in [0.717, 1.165) is 50.7 Å². The number of halogens is 3. The number of anilines is 3. The van der Waals surface area contributed by atoms with Crippen LogP contribution in [0.5, 0.6) is 0 Å². The second-order valence-electron chi connectivity index (χ2n) is 7.55. The van der Waals surface area contributed by atoms with Gasteiger partial charge in [-0.05, 0) is 56.2 Å². The van der Waals surface area contributed by atoms with Crippen LogP contribution >= 0.6 is 11.3 Å². The molecule has 3 rings (SSSR count). The molecule has 0 aliphatic heterocycles. The van der Waals surface area contributed by atoms with E-state index in [-0.39, 0.29) is 16.7 Å². The highest BCUT2D eigenvalue weighted by atomic mass is 32.1. The third kappa shape index (κ3) is 5.87. The van der Waals surface area contributed by atoms with E-state index < -0.39 is 17.6 Å². The highest BCUT2D eigenvalue weighted by molar-refractivity contribution is 7.14. The maximum atomic E-state index is 13.1.